The van der Waals surface area contributed by atoms with Crippen molar-refractivity contribution >= 4 is 5.91 Å². The summed E-state index contributed by atoms with van der Waals surface area (Å²) in [5.74, 6) is 1.25. The first-order valence-corrected chi connectivity index (χ1v) is 8.33. The highest BCUT2D eigenvalue weighted by Crippen LogP contribution is 2.26. The zero-order valence-corrected chi connectivity index (χ0v) is 14.5. The first-order chi connectivity index (χ1) is 12.1. The molecule has 0 spiro atoms. The van der Waals surface area contributed by atoms with Crippen molar-refractivity contribution < 1.29 is 13.7 Å². The van der Waals surface area contributed by atoms with Crippen LogP contribution in [0.1, 0.15) is 48.1 Å². The number of hydrogen-bond acceptors (Lipinski definition) is 5. The molecule has 0 fully saturated rings. The summed E-state index contributed by atoms with van der Waals surface area (Å²) in [7, 11) is 0. The SMILES string of the molecule is CCC(C)C(NC(=O)c1ccc(C)cc1)c1nc(-c2ccco2)no1. The summed E-state index contributed by atoms with van der Waals surface area (Å²) in [5, 5.41) is 6.97. The molecule has 0 aliphatic carbocycles. The fraction of sp³-hybridized carbons (Fsp3) is 0.316. The van der Waals surface area contributed by atoms with Crippen LogP contribution in [0.5, 0.6) is 0 Å². The van der Waals surface area contributed by atoms with Gasteiger partial charge in [0.2, 0.25) is 11.7 Å². The van der Waals surface area contributed by atoms with E-state index in [2.05, 4.69) is 22.4 Å². The minimum Gasteiger partial charge on any atom is -0.461 e. The normalized spacial score (nSPS) is 13.4. The van der Waals surface area contributed by atoms with E-state index in [4.69, 9.17) is 8.94 Å². The summed E-state index contributed by atoms with van der Waals surface area (Å²) >= 11 is 0. The van der Waals surface area contributed by atoms with Crippen LogP contribution < -0.4 is 5.32 Å². The van der Waals surface area contributed by atoms with Gasteiger partial charge in [0.15, 0.2) is 5.76 Å². The molecule has 0 saturated heterocycles. The van der Waals surface area contributed by atoms with Gasteiger partial charge in [0.25, 0.3) is 5.91 Å². The lowest BCUT2D eigenvalue weighted by molar-refractivity contribution is 0.0910. The zero-order valence-electron chi connectivity index (χ0n) is 14.5. The third kappa shape index (κ3) is 3.79. The highest BCUT2D eigenvalue weighted by atomic mass is 16.5. The molecule has 2 atom stereocenters. The first-order valence-electron chi connectivity index (χ1n) is 8.33. The van der Waals surface area contributed by atoms with Crippen molar-refractivity contribution in [1.82, 2.24) is 15.5 Å². The zero-order chi connectivity index (χ0) is 17.8. The van der Waals surface area contributed by atoms with Gasteiger partial charge in [0.1, 0.15) is 6.04 Å². The number of rotatable bonds is 6. The molecule has 2 unspecified atom stereocenters. The highest BCUT2D eigenvalue weighted by Gasteiger charge is 2.27. The number of furan rings is 1. The van der Waals surface area contributed by atoms with Crippen molar-refractivity contribution in [3.8, 4) is 11.6 Å². The third-order valence-corrected chi connectivity index (χ3v) is 4.26. The Kier molecular flexibility index (Phi) is 4.97. The molecule has 1 N–H and O–H groups in total. The molecule has 0 saturated carbocycles. The fourth-order valence-electron chi connectivity index (χ4n) is 2.48. The average Bonchev–Trinajstić information content (AvgIpc) is 3.30. The van der Waals surface area contributed by atoms with Gasteiger partial charge in [-0.3, -0.25) is 4.79 Å². The van der Waals surface area contributed by atoms with Gasteiger partial charge in [-0.25, -0.2) is 0 Å². The number of carbonyl (C=O) groups is 1. The molecule has 6 nitrogen and oxygen atoms in total. The van der Waals surface area contributed by atoms with Crippen LogP contribution in [-0.4, -0.2) is 16.0 Å². The van der Waals surface area contributed by atoms with E-state index in [0.717, 1.165) is 12.0 Å². The largest absolute Gasteiger partial charge is 0.461 e. The van der Waals surface area contributed by atoms with E-state index in [-0.39, 0.29) is 17.9 Å². The lowest BCUT2D eigenvalue weighted by Gasteiger charge is -2.20. The van der Waals surface area contributed by atoms with Gasteiger partial charge in [-0.05, 0) is 37.1 Å². The molecule has 2 heterocycles. The lowest BCUT2D eigenvalue weighted by atomic mass is 9.98. The van der Waals surface area contributed by atoms with Crippen LogP contribution >= 0.6 is 0 Å². The van der Waals surface area contributed by atoms with E-state index in [1.54, 1.807) is 30.5 Å². The Bertz CT molecular complexity index is 822. The molecular formula is C19H21N3O3. The van der Waals surface area contributed by atoms with Crippen molar-refractivity contribution in [2.24, 2.45) is 5.92 Å². The number of aromatic nitrogens is 2. The van der Waals surface area contributed by atoms with Gasteiger partial charge in [-0.1, -0.05) is 43.1 Å². The van der Waals surface area contributed by atoms with E-state index in [9.17, 15) is 4.79 Å². The summed E-state index contributed by atoms with van der Waals surface area (Å²) in [6, 6.07) is 10.6. The monoisotopic (exact) mass is 339 g/mol. The van der Waals surface area contributed by atoms with Crippen molar-refractivity contribution in [2.45, 2.75) is 33.2 Å². The number of carbonyl (C=O) groups excluding carboxylic acids is 1. The van der Waals surface area contributed by atoms with Crippen LogP contribution in [0.2, 0.25) is 0 Å². The van der Waals surface area contributed by atoms with Crippen LogP contribution in [0.4, 0.5) is 0 Å². The number of nitrogens with one attached hydrogen (secondary N) is 1. The van der Waals surface area contributed by atoms with Crippen LogP contribution in [0, 0.1) is 12.8 Å². The molecule has 6 heteroatoms. The van der Waals surface area contributed by atoms with E-state index in [1.807, 2.05) is 26.0 Å². The molecular weight excluding hydrogens is 318 g/mol. The quantitative estimate of drug-likeness (QED) is 0.729. The Balaban J connectivity index is 1.82. The van der Waals surface area contributed by atoms with Gasteiger partial charge in [0, 0.05) is 5.56 Å². The predicted octanol–water partition coefficient (Wildman–Crippen LogP) is 4.16. The maximum atomic E-state index is 12.6. The number of hydrogen-bond donors (Lipinski definition) is 1. The molecule has 1 amide bonds. The topological polar surface area (TPSA) is 81.2 Å². The molecule has 2 aromatic heterocycles. The minimum absolute atomic E-state index is 0.138. The smallest absolute Gasteiger partial charge is 0.251 e. The van der Waals surface area contributed by atoms with E-state index in [0.29, 0.717) is 23.0 Å². The van der Waals surface area contributed by atoms with Crippen molar-refractivity contribution in [3.05, 3.63) is 59.7 Å². The van der Waals surface area contributed by atoms with Gasteiger partial charge in [-0.2, -0.15) is 4.98 Å². The Labute approximate surface area is 146 Å². The van der Waals surface area contributed by atoms with E-state index in [1.165, 1.54) is 0 Å². The second-order valence-corrected chi connectivity index (χ2v) is 6.14. The second kappa shape index (κ2) is 7.34. The number of aryl methyl sites for hydroxylation is 1. The predicted molar refractivity (Wildman–Crippen MR) is 92.8 cm³/mol. The van der Waals surface area contributed by atoms with Gasteiger partial charge >= 0.3 is 0 Å². The minimum atomic E-state index is -0.366. The highest BCUT2D eigenvalue weighted by molar-refractivity contribution is 5.94. The molecule has 0 radical (unpaired) electrons. The number of benzene rings is 1. The molecule has 25 heavy (non-hydrogen) atoms. The molecule has 3 rings (SSSR count). The lowest BCUT2D eigenvalue weighted by Crippen LogP contribution is -2.32. The van der Waals surface area contributed by atoms with Gasteiger partial charge < -0.3 is 14.3 Å². The maximum absolute atomic E-state index is 12.6. The number of amides is 1. The molecule has 0 aliphatic heterocycles. The van der Waals surface area contributed by atoms with Crippen LogP contribution in [0.15, 0.2) is 51.6 Å². The molecule has 0 bridgehead atoms. The third-order valence-electron chi connectivity index (χ3n) is 4.26. The summed E-state index contributed by atoms with van der Waals surface area (Å²) < 4.78 is 10.7. The molecule has 0 aliphatic rings. The molecule has 130 valence electrons. The number of nitrogens with zero attached hydrogens (tertiary/aromatic N) is 2. The van der Waals surface area contributed by atoms with E-state index >= 15 is 0 Å². The summed E-state index contributed by atoms with van der Waals surface area (Å²) in [4.78, 5) is 17.0. The Hall–Kier alpha value is -2.89. The first kappa shape index (κ1) is 17.0. The Morgan fingerprint density at radius 3 is 2.64 bits per heavy atom. The Morgan fingerprint density at radius 1 is 1.24 bits per heavy atom. The van der Waals surface area contributed by atoms with Crippen LogP contribution in [0.3, 0.4) is 0 Å². The van der Waals surface area contributed by atoms with Crippen LogP contribution in [0.25, 0.3) is 11.6 Å². The van der Waals surface area contributed by atoms with Gasteiger partial charge in [-0.15, -0.1) is 0 Å². The summed E-state index contributed by atoms with van der Waals surface area (Å²) in [6.45, 7) is 6.08. The maximum Gasteiger partial charge on any atom is 0.251 e. The van der Waals surface area contributed by atoms with E-state index < -0.39 is 0 Å². The van der Waals surface area contributed by atoms with Crippen LogP contribution in [-0.2, 0) is 0 Å². The summed E-state index contributed by atoms with van der Waals surface area (Å²) in [5.41, 5.74) is 1.71. The molecule has 3 aromatic rings. The second-order valence-electron chi connectivity index (χ2n) is 6.14. The van der Waals surface area contributed by atoms with Crippen molar-refractivity contribution in [2.75, 3.05) is 0 Å². The summed E-state index contributed by atoms with van der Waals surface area (Å²) in [6.07, 6.45) is 2.41. The van der Waals surface area contributed by atoms with Crippen molar-refractivity contribution in [1.29, 1.82) is 0 Å². The van der Waals surface area contributed by atoms with Gasteiger partial charge in [0.05, 0.1) is 6.26 Å². The Morgan fingerprint density at radius 2 is 2.00 bits per heavy atom. The fourth-order valence-corrected chi connectivity index (χ4v) is 2.48. The standard InChI is InChI=1S/C19H21N3O3/c1-4-13(3)16(20-18(23)14-9-7-12(2)8-10-14)19-21-17(22-25-19)15-6-5-11-24-15/h5-11,13,16H,4H2,1-3H3,(H,20,23). The van der Waals surface area contributed by atoms with Crippen molar-refractivity contribution in [3.63, 3.8) is 0 Å². The molecule has 1 aromatic carbocycles. The average molecular weight is 339 g/mol.